The van der Waals surface area contributed by atoms with Crippen LogP contribution in [0.4, 0.5) is 4.79 Å². The summed E-state index contributed by atoms with van der Waals surface area (Å²) in [6.45, 7) is 6.92. The second-order valence-electron chi connectivity index (χ2n) is 5.49. The summed E-state index contributed by atoms with van der Waals surface area (Å²) >= 11 is 0. The highest BCUT2D eigenvalue weighted by molar-refractivity contribution is 5.74. The summed E-state index contributed by atoms with van der Waals surface area (Å²) in [7, 11) is 0. The number of carbonyl (C=O) groups excluding carboxylic acids is 1. The molecule has 0 radical (unpaired) electrons. The molecule has 0 saturated carbocycles. The van der Waals surface area contributed by atoms with Gasteiger partial charge in [0.15, 0.2) is 0 Å². The highest BCUT2D eigenvalue weighted by atomic mass is 16.4. The first kappa shape index (κ1) is 17.7. The van der Waals surface area contributed by atoms with Crippen LogP contribution in [0.25, 0.3) is 0 Å². The average molecular weight is 272 g/mol. The molecule has 0 aromatic carbocycles. The Morgan fingerprint density at radius 1 is 1.05 bits per heavy atom. The molecular weight excluding hydrogens is 244 g/mol. The first-order chi connectivity index (χ1) is 8.91. The van der Waals surface area contributed by atoms with Crippen molar-refractivity contribution in [2.24, 2.45) is 5.92 Å². The van der Waals surface area contributed by atoms with E-state index in [1.54, 1.807) is 0 Å². The first-order valence-electron chi connectivity index (χ1n) is 7.18. The molecule has 0 aromatic heterocycles. The highest BCUT2D eigenvalue weighted by Gasteiger charge is 2.07. The lowest BCUT2D eigenvalue weighted by atomic mass is 10.1. The zero-order valence-corrected chi connectivity index (χ0v) is 12.4. The van der Waals surface area contributed by atoms with Gasteiger partial charge in [-0.2, -0.15) is 0 Å². The summed E-state index contributed by atoms with van der Waals surface area (Å²) in [6, 6.07) is 0.0780. The maximum Gasteiger partial charge on any atom is 0.314 e. The number of carbonyl (C=O) groups is 2. The van der Waals surface area contributed by atoms with Crippen LogP contribution < -0.4 is 10.6 Å². The predicted molar refractivity (Wildman–Crippen MR) is 76.2 cm³/mol. The van der Waals surface area contributed by atoms with Gasteiger partial charge in [0.05, 0.1) is 0 Å². The molecule has 0 saturated heterocycles. The number of unbranched alkanes of at least 4 members (excludes halogenated alkanes) is 3. The standard InChI is InChI=1S/C14H28N2O3/c1-11(2)10-12(3)16-14(19)15-9-7-5-4-6-8-13(17)18/h11-12H,4-10H2,1-3H3,(H,17,18)(H2,15,16,19). The molecule has 3 N–H and O–H groups in total. The van der Waals surface area contributed by atoms with Crippen LogP contribution in [-0.2, 0) is 4.79 Å². The summed E-state index contributed by atoms with van der Waals surface area (Å²) < 4.78 is 0. The number of aliphatic carboxylic acids is 1. The van der Waals surface area contributed by atoms with Gasteiger partial charge >= 0.3 is 12.0 Å². The van der Waals surface area contributed by atoms with Crippen molar-refractivity contribution in [3.8, 4) is 0 Å². The minimum absolute atomic E-state index is 0.112. The van der Waals surface area contributed by atoms with Crippen LogP contribution in [-0.4, -0.2) is 29.7 Å². The normalized spacial score (nSPS) is 12.2. The van der Waals surface area contributed by atoms with Crippen LogP contribution in [0.15, 0.2) is 0 Å². The Morgan fingerprint density at radius 2 is 1.68 bits per heavy atom. The third kappa shape index (κ3) is 13.0. The summed E-state index contributed by atoms with van der Waals surface area (Å²) in [4.78, 5) is 21.8. The molecule has 0 heterocycles. The van der Waals surface area contributed by atoms with Crippen molar-refractivity contribution in [1.29, 1.82) is 0 Å². The molecule has 0 spiro atoms. The van der Waals surface area contributed by atoms with Gasteiger partial charge in [-0.3, -0.25) is 4.79 Å². The minimum Gasteiger partial charge on any atom is -0.481 e. The Morgan fingerprint density at radius 3 is 2.26 bits per heavy atom. The number of amides is 2. The molecule has 2 amide bonds. The lowest BCUT2D eigenvalue weighted by molar-refractivity contribution is -0.137. The Bertz CT molecular complexity index is 267. The Balaban J connectivity index is 3.41. The van der Waals surface area contributed by atoms with E-state index in [1.807, 2.05) is 6.92 Å². The van der Waals surface area contributed by atoms with Crippen molar-refractivity contribution < 1.29 is 14.7 Å². The van der Waals surface area contributed by atoms with Gasteiger partial charge in [0.2, 0.25) is 0 Å². The van der Waals surface area contributed by atoms with Crippen molar-refractivity contribution >= 4 is 12.0 Å². The van der Waals surface area contributed by atoms with Gasteiger partial charge in [0.1, 0.15) is 0 Å². The quantitative estimate of drug-likeness (QED) is 0.535. The van der Waals surface area contributed by atoms with E-state index >= 15 is 0 Å². The molecule has 0 rings (SSSR count). The van der Waals surface area contributed by atoms with E-state index in [2.05, 4.69) is 24.5 Å². The first-order valence-corrected chi connectivity index (χ1v) is 7.18. The third-order valence-electron chi connectivity index (χ3n) is 2.81. The zero-order valence-electron chi connectivity index (χ0n) is 12.4. The average Bonchev–Trinajstić information content (AvgIpc) is 2.25. The van der Waals surface area contributed by atoms with Gasteiger partial charge < -0.3 is 15.7 Å². The van der Waals surface area contributed by atoms with Gasteiger partial charge in [0.25, 0.3) is 0 Å². The van der Waals surface area contributed by atoms with E-state index in [-0.39, 0.29) is 18.5 Å². The fourth-order valence-electron chi connectivity index (χ4n) is 2.00. The monoisotopic (exact) mass is 272 g/mol. The van der Waals surface area contributed by atoms with E-state index in [1.165, 1.54) is 0 Å². The van der Waals surface area contributed by atoms with Crippen LogP contribution in [0, 0.1) is 5.92 Å². The lowest BCUT2D eigenvalue weighted by Gasteiger charge is -2.16. The lowest BCUT2D eigenvalue weighted by Crippen LogP contribution is -2.41. The fourth-order valence-corrected chi connectivity index (χ4v) is 2.00. The number of carboxylic acids is 1. The van der Waals surface area contributed by atoms with Gasteiger partial charge in [-0.15, -0.1) is 0 Å². The maximum absolute atomic E-state index is 11.5. The smallest absolute Gasteiger partial charge is 0.314 e. The zero-order chi connectivity index (χ0) is 14.7. The van der Waals surface area contributed by atoms with Crippen molar-refractivity contribution in [2.75, 3.05) is 6.54 Å². The van der Waals surface area contributed by atoms with Crippen molar-refractivity contribution in [3.05, 3.63) is 0 Å². The molecular formula is C14H28N2O3. The Labute approximate surface area is 116 Å². The molecule has 19 heavy (non-hydrogen) atoms. The van der Waals surface area contributed by atoms with E-state index in [4.69, 9.17) is 5.11 Å². The van der Waals surface area contributed by atoms with Crippen LogP contribution in [0.3, 0.4) is 0 Å². The molecule has 0 aliphatic carbocycles. The van der Waals surface area contributed by atoms with Gasteiger partial charge in [-0.25, -0.2) is 4.79 Å². The molecule has 112 valence electrons. The van der Waals surface area contributed by atoms with Crippen LogP contribution in [0.5, 0.6) is 0 Å². The molecule has 1 unspecified atom stereocenters. The van der Waals surface area contributed by atoms with Gasteiger partial charge in [0, 0.05) is 19.0 Å². The summed E-state index contributed by atoms with van der Waals surface area (Å²) in [5.74, 6) is -0.166. The number of rotatable bonds is 10. The van der Waals surface area contributed by atoms with Gasteiger partial charge in [-0.05, 0) is 32.1 Å². The second kappa shape index (κ2) is 10.6. The summed E-state index contributed by atoms with van der Waals surface area (Å²) in [6.07, 6.45) is 4.68. The SMILES string of the molecule is CC(C)CC(C)NC(=O)NCCCCCCC(=O)O. The fraction of sp³-hybridized carbons (Fsp3) is 0.857. The molecule has 1 atom stereocenters. The number of carboxylic acid groups (broad SMARTS) is 1. The van der Waals surface area contributed by atoms with E-state index in [0.29, 0.717) is 18.9 Å². The Kier molecular flexibility index (Phi) is 9.94. The molecule has 0 aliphatic heterocycles. The number of nitrogens with one attached hydrogen (secondary N) is 2. The second-order valence-corrected chi connectivity index (χ2v) is 5.49. The van der Waals surface area contributed by atoms with Crippen LogP contribution >= 0.6 is 0 Å². The molecule has 0 aliphatic rings. The van der Waals surface area contributed by atoms with Crippen molar-refractivity contribution in [1.82, 2.24) is 10.6 Å². The third-order valence-corrected chi connectivity index (χ3v) is 2.81. The molecule has 0 bridgehead atoms. The highest BCUT2D eigenvalue weighted by Crippen LogP contribution is 2.04. The van der Waals surface area contributed by atoms with Crippen LogP contribution in [0.2, 0.25) is 0 Å². The van der Waals surface area contributed by atoms with Gasteiger partial charge in [-0.1, -0.05) is 26.7 Å². The minimum atomic E-state index is -0.739. The van der Waals surface area contributed by atoms with Crippen molar-refractivity contribution in [2.45, 2.75) is 65.3 Å². The summed E-state index contributed by atoms with van der Waals surface area (Å²) in [5, 5.41) is 14.2. The van der Waals surface area contributed by atoms with E-state index in [0.717, 1.165) is 25.7 Å². The number of hydrogen-bond donors (Lipinski definition) is 3. The van der Waals surface area contributed by atoms with Crippen molar-refractivity contribution in [3.63, 3.8) is 0 Å². The Hall–Kier alpha value is -1.26. The molecule has 5 heteroatoms. The van der Waals surface area contributed by atoms with E-state index in [9.17, 15) is 9.59 Å². The largest absolute Gasteiger partial charge is 0.481 e. The maximum atomic E-state index is 11.5. The van der Waals surface area contributed by atoms with E-state index < -0.39 is 5.97 Å². The number of hydrogen-bond acceptors (Lipinski definition) is 2. The summed E-state index contributed by atoms with van der Waals surface area (Å²) in [5.41, 5.74) is 0. The molecule has 0 fully saturated rings. The van der Waals surface area contributed by atoms with Crippen LogP contribution in [0.1, 0.15) is 59.3 Å². The molecule has 0 aromatic rings. The molecule has 5 nitrogen and oxygen atoms in total. The topological polar surface area (TPSA) is 78.4 Å². The number of urea groups is 1. The predicted octanol–water partition coefficient (Wildman–Crippen LogP) is 2.76.